The van der Waals surface area contributed by atoms with Gasteiger partial charge in [-0.05, 0) is 24.6 Å². The van der Waals surface area contributed by atoms with Crippen LogP contribution in [0.3, 0.4) is 0 Å². The number of aromatic nitrogens is 2. The molecule has 7 heteroatoms. The molecule has 0 saturated carbocycles. The highest BCUT2D eigenvalue weighted by molar-refractivity contribution is 5.85. The number of ether oxygens (including phenoxy) is 1. The maximum Gasteiger partial charge on any atom is 0.409 e. The highest BCUT2D eigenvalue weighted by atomic mass is 16.6. The first-order valence-electron chi connectivity index (χ1n) is 9.81. The van der Waals surface area contributed by atoms with E-state index in [4.69, 9.17) is 4.74 Å². The zero-order valence-corrected chi connectivity index (χ0v) is 16.4. The van der Waals surface area contributed by atoms with Crippen molar-refractivity contribution in [3.63, 3.8) is 0 Å². The monoisotopic (exact) mass is 392 g/mol. The molecular weight excluding hydrogens is 368 g/mol. The van der Waals surface area contributed by atoms with Crippen LogP contribution in [0.1, 0.15) is 24.1 Å². The Kier molecular flexibility index (Phi) is 5.57. The second-order valence-electron chi connectivity index (χ2n) is 6.99. The zero-order valence-electron chi connectivity index (χ0n) is 16.4. The van der Waals surface area contributed by atoms with E-state index in [1.54, 1.807) is 17.3 Å². The molecule has 1 atom stereocenters. The van der Waals surface area contributed by atoms with Crippen LogP contribution in [-0.4, -0.2) is 63.8 Å². The molecule has 7 nitrogen and oxygen atoms in total. The lowest BCUT2D eigenvalue weighted by molar-refractivity contribution is 0.0711. The first-order valence-corrected chi connectivity index (χ1v) is 9.81. The molecule has 1 fully saturated rings. The van der Waals surface area contributed by atoms with Crippen LogP contribution in [0.5, 0.6) is 5.75 Å². The minimum Gasteiger partial charge on any atom is -0.505 e. The van der Waals surface area contributed by atoms with Gasteiger partial charge in [0.2, 0.25) is 0 Å². The fourth-order valence-corrected chi connectivity index (χ4v) is 3.87. The highest BCUT2D eigenvalue weighted by Gasteiger charge is 2.30. The lowest BCUT2D eigenvalue weighted by Crippen LogP contribution is -2.50. The number of aromatic hydroxyl groups is 1. The minimum atomic E-state index is -0.275. The van der Waals surface area contributed by atoms with Gasteiger partial charge in [0, 0.05) is 55.7 Å². The first kappa shape index (κ1) is 19.1. The molecular formula is C22H24N4O3. The van der Waals surface area contributed by atoms with Crippen LogP contribution in [0.2, 0.25) is 0 Å². The van der Waals surface area contributed by atoms with Gasteiger partial charge in [0.05, 0.1) is 12.6 Å². The summed E-state index contributed by atoms with van der Waals surface area (Å²) in [6, 6.07) is 11.5. The number of pyridine rings is 2. The van der Waals surface area contributed by atoms with Gasteiger partial charge >= 0.3 is 6.09 Å². The van der Waals surface area contributed by atoms with Crippen LogP contribution < -0.4 is 0 Å². The van der Waals surface area contributed by atoms with Crippen molar-refractivity contribution in [2.24, 2.45) is 0 Å². The van der Waals surface area contributed by atoms with Crippen molar-refractivity contribution in [2.45, 2.75) is 13.0 Å². The number of phenols is 1. The molecule has 1 N–H and O–H groups in total. The van der Waals surface area contributed by atoms with Gasteiger partial charge in [-0.2, -0.15) is 0 Å². The number of rotatable bonds is 4. The lowest BCUT2D eigenvalue weighted by Gasteiger charge is -2.39. The summed E-state index contributed by atoms with van der Waals surface area (Å²) < 4.78 is 5.12. The summed E-state index contributed by atoms with van der Waals surface area (Å²) >= 11 is 0. The van der Waals surface area contributed by atoms with Crippen molar-refractivity contribution in [3.05, 3.63) is 66.1 Å². The Morgan fingerprint density at radius 3 is 2.66 bits per heavy atom. The summed E-state index contributed by atoms with van der Waals surface area (Å²) in [5.41, 5.74) is 2.36. The average molecular weight is 392 g/mol. The Balaban J connectivity index is 1.68. The SMILES string of the molecule is CCOC(=O)N1CCN([C@@H](c2cccnc2)c2ccc3cccnc3c2O)CC1. The summed E-state index contributed by atoms with van der Waals surface area (Å²) in [5, 5.41) is 11.9. The van der Waals surface area contributed by atoms with E-state index in [0.717, 1.165) is 16.5 Å². The standard InChI is InChI=1S/C22H24N4O3/c1-2-29-22(28)26-13-11-25(12-14-26)20(17-6-3-9-23-15-17)18-8-7-16-5-4-10-24-19(16)21(18)27/h3-10,15,20,27H,2,11-14H2,1H3/t20-/m0/s1. The smallest absolute Gasteiger partial charge is 0.409 e. The number of piperazine rings is 1. The van der Waals surface area contributed by atoms with Crippen molar-refractivity contribution >= 4 is 17.0 Å². The second kappa shape index (κ2) is 8.45. The molecule has 0 radical (unpaired) electrons. The third-order valence-electron chi connectivity index (χ3n) is 5.28. The summed E-state index contributed by atoms with van der Waals surface area (Å²) in [7, 11) is 0. The van der Waals surface area contributed by atoms with E-state index < -0.39 is 0 Å². The molecule has 1 aromatic carbocycles. The van der Waals surface area contributed by atoms with Crippen LogP contribution in [0.4, 0.5) is 4.79 Å². The number of carbonyl (C=O) groups is 1. The van der Waals surface area contributed by atoms with Crippen molar-refractivity contribution in [1.82, 2.24) is 19.8 Å². The molecule has 1 saturated heterocycles. The number of carbonyl (C=O) groups excluding carboxylic acids is 1. The molecule has 0 aliphatic carbocycles. The lowest BCUT2D eigenvalue weighted by atomic mass is 9.95. The number of amides is 1. The first-order chi connectivity index (χ1) is 14.2. The maximum atomic E-state index is 12.0. The Morgan fingerprint density at radius 2 is 1.93 bits per heavy atom. The van der Waals surface area contributed by atoms with Crippen LogP contribution in [-0.2, 0) is 4.74 Å². The number of nitrogens with zero attached hydrogens (tertiary/aromatic N) is 4. The normalized spacial score (nSPS) is 16.0. The predicted octanol–water partition coefficient (Wildman–Crippen LogP) is 3.20. The number of hydrogen-bond acceptors (Lipinski definition) is 6. The molecule has 1 aliphatic rings. The fraction of sp³-hybridized carbons (Fsp3) is 0.318. The summed E-state index contributed by atoms with van der Waals surface area (Å²) in [6.07, 6.45) is 4.97. The largest absolute Gasteiger partial charge is 0.505 e. The molecule has 3 heterocycles. The van der Waals surface area contributed by atoms with Crippen molar-refractivity contribution in [2.75, 3.05) is 32.8 Å². The molecule has 4 rings (SSSR count). The average Bonchev–Trinajstić information content (AvgIpc) is 2.77. The van der Waals surface area contributed by atoms with E-state index in [-0.39, 0.29) is 17.9 Å². The maximum absolute atomic E-state index is 12.0. The molecule has 29 heavy (non-hydrogen) atoms. The number of hydrogen-bond donors (Lipinski definition) is 1. The van der Waals surface area contributed by atoms with Crippen molar-refractivity contribution in [3.8, 4) is 5.75 Å². The van der Waals surface area contributed by atoms with Gasteiger partial charge in [-0.15, -0.1) is 0 Å². The molecule has 1 aliphatic heterocycles. The van der Waals surface area contributed by atoms with Crippen molar-refractivity contribution < 1.29 is 14.6 Å². The predicted molar refractivity (Wildman–Crippen MR) is 110 cm³/mol. The molecule has 150 valence electrons. The molecule has 3 aromatic rings. The van der Waals surface area contributed by atoms with Gasteiger partial charge in [0.15, 0.2) is 0 Å². The molecule has 2 aromatic heterocycles. The van der Waals surface area contributed by atoms with E-state index in [0.29, 0.717) is 38.3 Å². The van der Waals surface area contributed by atoms with E-state index in [1.807, 2.05) is 49.5 Å². The molecule has 1 amide bonds. The van der Waals surface area contributed by atoms with Crippen LogP contribution in [0, 0.1) is 0 Å². The quantitative estimate of drug-likeness (QED) is 0.735. The third kappa shape index (κ3) is 3.86. The Hall–Kier alpha value is -3.19. The van der Waals surface area contributed by atoms with E-state index in [9.17, 15) is 9.90 Å². The Morgan fingerprint density at radius 1 is 1.14 bits per heavy atom. The van der Waals surface area contributed by atoms with Gasteiger partial charge in [0.1, 0.15) is 11.3 Å². The second-order valence-corrected chi connectivity index (χ2v) is 6.99. The molecule has 0 spiro atoms. The van der Waals surface area contributed by atoms with Gasteiger partial charge in [-0.1, -0.05) is 24.3 Å². The van der Waals surface area contributed by atoms with E-state index >= 15 is 0 Å². The van der Waals surface area contributed by atoms with Crippen LogP contribution in [0.25, 0.3) is 10.9 Å². The Bertz CT molecular complexity index is 988. The Labute approximate surface area is 169 Å². The number of phenolic OH excluding ortho intramolecular Hbond substituents is 1. The minimum absolute atomic E-state index is 0.181. The highest BCUT2D eigenvalue weighted by Crippen LogP contribution is 2.38. The third-order valence-corrected chi connectivity index (χ3v) is 5.28. The summed E-state index contributed by atoms with van der Waals surface area (Å²) in [4.78, 5) is 24.7. The summed E-state index contributed by atoms with van der Waals surface area (Å²) in [6.45, 7) is 4.65. The fourth-order valence-electron chi connectivity index (χ4n) is 3.87. The molecule has 0 unspecified atom stereocenters. The van der Waals surface area contributed by atoms with Crippen molar-refractivity contribution in [1.29, 1.82) is 0 Å². The summed E-state index contributed by atoms with van der Waals surface area (Å²) in [5.74, 6) is 0.185. The molecule has 0 bridgehead atoms. The van der Waals surface area contributed by atoms with E-state index in [1.165, 1.54) is 0 Å². The van der Waals surface area contributed by atoms with Gasteiger partial charge in [0.25, 0.3) is 0 Å². The van der Waals surface area contributed by atoms with E-state index in [2.05, 4.69) is 14.9 Å². The van der Waals surface area contributed by atoms with Crippen LogP contribution >= 0.6 is 0 Å². The van der Waals surface area contributed by atoms with Gasteiger partial charge in [-0.3, -0.25) is 14.9 Å². The zero-order chi connectivity index (χ0) is 20.2. The van der Waals surface area contributed by atoms with Crippen LogP contribution in [0.15, 0.2) is 55.0 Å². The number of fused-ring (bicyclic) bond motifs is 1. The van der Waals surface area contributed by atoms with Gasteiger partial charge < -0.3 is 14.7 Å². The number of benzene rings is 1. The topological polar surface area (TPSA) is 78.8 Å². The van der Waals surface area contributed by atoms with Gasteiger partial charge in [-0.25, -0.2) is 4.79 Å².